The molecule has 0 saturated carbocycles. The molecule has 3 rings (SSSR count). The molecule has 0 aliphatic carbocycles. The van der Waals surface area contributed by atoms with E-state index in [4.69, 9.17) is 0 Å². The van der Waals surface area contributed by atoms with Gasteiger partial charge in [-0.1, -0.05) is 13.8 Å². The fraction of sp³-hybridized carbons (Fsp3) is 0.333. The normalized spacial score (nSPS) is 14.1. The van der Waals surface area contributed by atoms with Gasteiger partial charge in [-0.2, -0.15) is 4.31 Å². The first-order valence-corrected chi connectivity index (χ1v) is 11.4. The maximum absolute atomic E-state index is 12.7. The zero-order chi connectivity index (χ0) is 22.8. The monoisotopic (exact) mass is 446 g/mol. The van der Waals surface area contributed by atoms with Crippen molar-refractivity contribution in [2.24, 2.45) is 0 Å². The van der Waals surface area contributed by atoms with E-state index in [0.717, 1.165) is 5.56 Å². The van der Waals surface area contributed by atoms with Crippen LogP contribution in [0.2, 0.25) is 0 Å². The number of hydrogen-bond donors (Lipinski definition) is 3. The van der Waals surface area contributed by atoms with E-state index in [0.29, 0.717) is 37.4 Å². The molecule has 0 atom stereocenters. The minimum absolute atomic E-state index is 0.00104. The molecule has 0 aromatic heterocycles. The predicted octanol–water partition coefficient (Wildman–Crippen LogP) is 2.51. The third kappa shape index (κ3) is 4.49. The second kappa shape index (κ2) is 8.94. The van der Waals surface area contributed by atoms with Crippen LogP contribution in [0, 0.1) is 6.92 Å². The van der Waals surface area contributed by atoms with Gasteiger partial charge in [0.05, 0.1) is 10.6 Å². The lowest BCUT2D eigenvalue weighted by Crippen LogP contribution is -2.30. The molecule has 9 nitrogen and oxygen atoms in total. The van der Waals surface area contributed by atoms with Crippen LogP contribution in [-0.2, 0) is 10.0 Å². The van der Waals surface area contributed by atoms with E-state index in [1.54, 1.807) is 43.9 Å². The average Bonchev–Trinajstić information content (AvgIpc) is 3.15. The average molecular weight is 447 g/mol. The highest BCUT2D eigenvalue weighted by Gasteiger charge is 2.24. The number of nitrogens with zero attached hydrogens (tertiary/aromatic N) is 2. The summed E-state index contributed by atoms with van der Waals surface area (Å²) in [7, 11) is -3.74. The molecule has 10 heteroatoms. The van der Waals surface area contributed by atoms with Gasteiger partial charge in [-0.25, -0.2) is 13.2 Å². The van der Waals surface area contributed by atoms with Gasteiger partial charge in [-0.3, -0.25) is 9.69 Å². The van der Waals surface area contributed by atoms with Gasteiger partial charge in [0.25, 0.3) is 5.91 Å². The molecule has 0 bridgehead atoms. The summed E-state index contributed by atoms with van der Waals surface area (Å²) in [6, 6.07) is 8.52. The topological polar surface area (TPSA) is 119 Å². The van der Waals surface area contributed by atoms with E-state index in [9.17, 15) is 23.1 Å². The summed E-state index contributed by atoms with van der Waals surface area (Å²) in [6.07, 6.45) is 0. The number of rotatable bonds is 7. The summed E-state index contributed by atoms with van der Waals surface area (Å²) in [5, 5.41) is 15.5. The highest BCUT2D eigenvalue weighted by atomic mass is 32.2. The molecule has 0 unspecified atom stereocenters. The second-order valence-corrected chi connectivity index (χ2v) is 9.05. The van der Waals surface area contributed by atoms with Crippen LogP contribution in [0.25, 0.3) is 0 Å². The quantitative estimate of drug-likeness (QED) is 0.565. The fourth-order valence-electron chi connectivity index (χ4n) is 3.48. The van der Waals surface area contributed by atoms with Crippen molar-refractivity contribution in [2.75, 3.05) is 36.4 Å². The molecule has 1 heterocycles. The second-order valence-electron chi connectivity index (χ2n) is 7.11. The molecule has 2 aromatic carbocycles. The summed E-state index contributed by atoms with van der Waals surface area (Å²) in [5.74, 6) is -0.748. The van der Waals surface area contributed by atoms with E-state index in [1.807, 2.05) is 0 Å². The van der Waals surface area contributed by atoms with Crippen molar-refractivity contribution in [2.45, 2.75) is 25.7 Å². The lowest BCUT2D eigenvalue weighted by molar-refractivity contribution is 0.102. The first kappa shape index (κ1) is 22.6. The van der Waals surface area contributed by atoms with Crippen LogP contribution in [0.3, 0.4) is 0 Å². The number of amides is 3. The zero-order valence-electron chi connectivity index (χ0n) is 17.7. The van der Waals surface area contributed by atoms with Crippen molar-refractivity contribution in [3.8, 4) is 5.75 Å². The number of urea groups is 1. The molecule has 0 spiro atoms. The van der Waals surface area contributed by atoms with E-state index in [-0.39, 0.29) is 22.4 Å². The largest absolute Gasteiger partial charge is 0.506 e. The molecular formula is C21H26N4O5S. The Morgan fingerprint density at radius 1 is 1.19 bits per heavy atom. The summed E-state index contributed by atoms with van der Waals surface area (Å²) >= 11 is 0. The smallest absolute Gasteiger partial charge is 0.322 e. The Balaban J connectivity index is 1.85. The van der Waals surface area contributed by atoms with E-state index < -0.39 is 15.9 Å². The van der Waals surface area contributed by atoms with Gasteiger partial charge >= 0.3 is 6.03 Å². The maximum atomic E-state index is 12.7. The van der Waals surface area contributed by atoms with Crippen LogP contribution < -0.4 is 15.5 Å². The Labute approximate surface area is 181 Å². The molecule has 0 radical (unpaired) electrons. The number of nitrogens with one attached hydrogen (secondary N) is 2. The molecule has 1 aliphatic rings. The summed E-state index contributed by atoms with van der Waals surface area (Å²) in [6.45, 7) is 7.00. The summed E-state index contributed by atoms with van der Waals surface area (Å²) in [4.78, 5) is 26.2. The van der Waals surface area contributed by atoms with Crippen LogP contribution >= 0.6 is 0 Å². The van der Waals surface area contributed by atoms with Gasteiger partial charge in [0, 0.05) is 37.4 Å². The van der Waals surface area contributed by atoms with Crippen molar-refractivity contribution in [1.29, 1.82) is 0 Å². The fourth-order valence-corrected chi connectivity index (χ4v) is 4.97. The Bertz CT molecular complexity index is 1110. The molecular weight excluding hydrogens is 420 g/mol. The zero-order valence-corrected chi connectivity index (χ0v) is 18.5. The van der Waals surface area contributed by atoms with Crippen LogP contribution in [0.1, 0.15) is 29.8 Å². The first-order chi connectivity index (χ1) is 14.7. The summed E-state index contributed by atoms with van der Waals surface area (Å²) in [5.41, 5.74) is 1.77. The number of carbonyl (C=O) groups is 2. The molecule has 1 saturated heterocycles. The number of benzene rings is 2. The van der Waals surface area contributed by atoms with E-state index in [2.05, 4.69) is 10.6 Å². The third-order valence-electron chi connectivity index (χ3n) is 5.17. The Morgan fingerprint density at radius 2 is 1.90 bits per heavy atom. The Kier molecular flexibility index (Phi) is 6.51. The van der Waals surface area contributed by atoms with E-state index >= 15 is 0 Å². The van der Waals surface area contributed by atoms with Gasteiger partial charge in [0.15, 0.2) is 0 Å². The number of phenolic OH excluding ortho intramolecular Hbond substituents is 1. The number of carbonyl (C=O) groups excluding carboxylic acids is 2. The number of phenols is 1. The van der Waals surface area contributed by atoms with Gasteiger partial charge < -0.3 is 15.7 Å². The molecule has 2 aromatic rings. The van der Waals surface area contributed by atoms with Crippen molar-refractivity contribution in [1.82, 2.24) is 9.62 Å². The maximum Gasteiger partial charge on any atom is 0.322 e. The third-order valence-corrected chi connectivity index (χ3v) is 7.21. The molecule has 3 amide bonds. The van der Waals surface area contributed by atoms with Crippen molar-refractivity contribution >= 4 is 33.3 Å². The van der Waals surface area contributed by atoms with E-state index in [1.165, 1.54) is 22.5 Å². The lowest BCUT2D eigenvalue weighted by atomic mass is 10.1. The van der Waals surface area contributed by atoms with Gasteiger partial charge in [-0.15, -0.1) is 0 Å². The van der Waals surface area contributed by atoms with Crippen LogP contribution in [0.15, 0.2) is 41.3 Å². The van der Waals surface area contributed by atoms with Gasteiger partial charge in [0.1, 0.15) is 5.75 Å². The lowest BCUT2D eigenvalue weighted by Gasteiger charge is -2.19. The standard InChI is InChI=1S/C21H26N4O5S/c1-4-24(5-2)31(29,30)16-7-9-19(26)17(13-16)23-20(27)15-6-8-18(14(3)12-15)25-11-10-22-21(25)28/h6-9,12-13,26H,4-5,10-11H2,1-3H3,(H,22,28)(H,23,27). The number of hydrogen-bond acceptors (Lipinski definition) is 5. The number of aryl methyl sites for hydroxylation is 1. The molecule has 3 N–H and O–H groups in total. The number of anilines is 2. The SMILES string of the molecule is CCN(CC)S(=O)(=O)c1ccc(O)c(NC(=O)c2ccc(N3CCNC3=O)c(C)c2)c1. The predicted molar refractivity (Wildman–Crippen MR) is 118 cm³/mol. The molecule has 31 heavy (non-hydrogen) atoms. The first-order valence-electron chi connectivity index (χ1n) is 9.99. The summed E-state index contributed by atoms with van der Waals surface area (Å²) < 4.78 is 26.8. The highest BCUT2D eigenvalue weighted by molar-refractivity contribution is 7.89. The van der Waals surface area contributed by atoms with Crippen LogP contribution in [0.4, 0.5) is 16.2 Å². The number of aromatic hydroxyl groups is 1. The molecule has 1 fully saturated rings. The Hall–Kier alpha value is -3.11. The van der Waals surface area contributed by atoms with Gasteiger partial charge in [-0.05, 0) is 48.9 Å². The number of sulfonamides is 1. The minimum atomic E-state index is -3.74. The van der Waals surface area contributed by atoms with Gasteiger partial charge in [0.2, 0.25) is 10.0 Å². The highest BCUT2D eigenvalue weighted by Crippen LogP contribution is 2.29. The van der Waals surface area contributed by atoms with Crippen molar-refractivity contribution in [3.05, 3.63) is 47.5 Å². The molecule has 166 valence electrons. The molecule has 1 aliphatic heterocycles. The van der Waals surface area contributed by atoms with Crippen LogP contribution in [0.5, 0.6) is 5.75 Å². The minimum Gasteiger partial charge on any atom is -0.506 e. The van der Waals surface area contributed by atoms with Crippen molar-refractivity contribution < 1.29 is 23.1 Å². The Morgan fingerprint density at radius 3 is 2.48 bits per heavy atom. The van der Waals surface area contributed by atoms with Crippen molar-refractivity contribution in [3.63, 3.8) is 0 Å². The van der Waals surface area contributed by atoms with Crippen LogP contribution in [-0.4, -0.2) is 55.9 Å².